The van der Waals surface area contributed by atoms with Gasteiger partial charge in [-0.15, -0.1) is 0 Å². The van der Waals surface area contributed by atoms with Crippen molar-refractivity contribution in [1.29, 1.82) is 0 Å². The van der Waals surface area contributed by atoms with Crippen molar-refractivity contribution in [2.24, 2.45) is 0 Å². The van der Waals surface area contributed by atoms with E-state index in [0.717, 1.165) is 135 Å². The van der Waals surface area contributed by atoms with Crippen LogP contribution >= 0.6 is 13.5 Å². The number of hydrogen-bond acceptors (Lipinski definition) is 24. The van der Waals surface area contributed by atoms with E-state index < -0.39 is 0 Å². The standard InChI is InChI=1S/C34H41N7O3.C33H39N7O3.C29H38N8O2.H2S/c1-6-31(42)41-17-16-40(19-25(41)18-35-4)32-28-14-15-39(30-13-9-11-24-10-7-8-12-27(24)30)21-29(28)36-33(37-32)43-22-26-20-38(5)34(2,3)23-44-26;1-5-31(41)40-16-15-39(18-25(40)17-34-3)32-28-13-14-38(30-12-8-10-24-9-6-7-11-27(24)30)20-29(28)35-33(36-32)43-22-26-19-37(4)23(2)21-42-26;1-5-26(38)35-11-13-36(14-12-35)28-22-8-10-37(27-20(3)19(2)15-24-23(27)16-30-33-24)17-25(22)31-29(32-28)39-18-21-7-6-9-34(21)4;/h6-13,25-26H,1,14-23H2,2-3,5H3;5-12,23,25-26H,1,13-22H2,2,4H3;5,15-16,21H,1,6-14,17-18H2,2-4H3,(H,30,33);1H2/t25-,26+;23-,25+,26-;21-;/m010./s1. The van der Waals surface area contributed by atoms with Gasteiger partial charge in [0.15, 0.2) is 0 Å². The summed E-state index contributed by atoms with van der Waals surface area (Å²) in [7, 11) is 6.37. The molecule has 6 saturated heterocycles. The predicted molar refractivity (Wildman–Crippen MR) is 502 cm³/mol. The van der Waals surface area contributed by atoms with Gasteiger partial charge in [-0.25, -0.2) is 13.1 Å². The Morgan fingerprint density at radius 2 is 1.02 bits per heavy atom. The summed E-state index contributed by atoms with van der Waals surface area (Å²) in [5.41, 5.74) is 13.4. The lowest BCUT2D eigenvalue weighted by molar-refractivity contribution is -0.129. The summed E-state index contributed by atoms with van der Waals surface area (Å²) in [5, 5.41) is 13.5. The van der Waals surface area contributed by atoms with Gasteiger partial charge in [-0.1, -0.05) is 92.5 Å². The normalized spacial score (nSPS) is 21.4. The summed E-state index contributed by atoms with van der Waals surface area (Å²) in [6.45, 7) is 53.0. The van der Waals surface area contributed by atoms with Crippen LogP contribution in [0.25, 0.3) is 42.1 Å². The average molecular weight is 1740 g/mol. The number of aromatic amines is 1. The van der Waals surface area contributed by atoms with Crippen LogP contribution in [-0.4, -0.2) is 301 Å². The number of benzene rings is 5. The third-order valence-corrected chi connectivity index (χ3v) is 26.9. The predicted octanol–water partition coefficient (Wildman–Crippen LogP) is 10.2. The first kappa shape index (κ1) is 90.1. The number of aromatic nitrogens is 8. The number of H-pyrrole nitrogens is 1. The quantitative estimate of drug-likeness (QED) is 0.0550. The minimum Gasteiger partial charge on any atom is -0.462 e. The van der Waals surface area contributed by atoms with E-state index >= 15 is 0 Å². The highest BCUT2D eigenvalue weighted by Gasteiger charge is 2.40. The average Bonchev–Trinajstić information content (AvgIpc) is 1.64. The number of hydrogen-bond donors (Lipinski definition) is 1. The summed E-state index contributed by atoms with van der Waals surface area (Å²) < 4.78 is 31.0. The number of ether oxygens (including phenoxy) is 5. The van der Waals surface area contributed by atoms with Crippen molar-refractivity contribution < 1.29 is 38.1 Å². The number of rotatable bonds is 20. The van der Waals surface area contributed by atoms with E-state index in [1.165, 1.54) is 79.9 Å². The molecule has 6 fully saturated rings. The molecule has 30 nitrogen and oxygen atoms in total. The van der Waals surface area contributed by atoms with E-state index in [9.17, 15) is 14.4 Å². The number of fused-ring (bicyclic) bond motifs is 6. The molecule has 5 aromatic carbocycles. The Balaban J connectivity index is 0.000000146. The smallest absolute Gasteiger partial charge is 0.318 e. The number of anilines is 6. The van der Waals surface area contributed by atoms with Crippen molar-refractivity contribution >= 4 is 98.2 Å². The molecule has 9 aromatic rings. The molecule has 1 N–H and O–H groups in total. The number of amides is 3. The Kier molecular flexibility index (Phi) is 28.4. The summed E-state index contributed by atoms with van der Waals surface area (Å²) in [6, 6.07) is 33.4. The highest BCUT2D eigenvalue weighted by molar-refractivity contribution is 7.59. The lowest BCUT2D eigenvalue weighted by Gasteiger charge is -2.43. The summed E-state index contributed by atoms with van der Waals surface area (Å²) in [4.78, 5) is 101. The van der Waals surface area contributed by atoms with Crippen LogP contribution in [0.2, 0.25) is 0 Å². The fourth-order valence-corrected chi connectivity index (χ4v) is 19.0. The minimum absolute atomic E-state index is 0. The van der Waals surface area contributed by atoms with E-state index in [1.807, 2.05) is 11.1 Å². The second kappa shape index (κ2) is 40.1. The number of nitrogens with zero attached hydrogens (tertiary/aromatic N) is 21. The number of aryl methyl sites for hydroxylation is 1. The molecule has 9 aliphatic rings. The maximum absolute atomic E-state index is 12.6. The van der Waals surface area contributed by atoms with Gasteiger partial charge < -0.3 is 82.4 Å². The van der Waals surface area contributed by atoms with Crippen LogP contribution < -0.4 is 43.6 Å². The van der Waals surface area contributed by atoms with Crippen LogP contribution in [0.15, 0.2) is 135 Å². The van der Waals surface area contributed by atoms with Crippen LogP contribution in [0.1, 0.15) is 78.5 Å². The Morgan fingerprint density at radius 3 is 1.51 bits per heavy atom. The number of carbonyl (C=O) groups excluding carboxylic acids is 3. The zero-order valence-electron chi connectivity index (χ0n) is 74.6. The van der Waals surface area contributed by atoms with E-state index in [0.29, 0.717) is 135 Å². The molecule has 3 amide bonds. The Morgan fingerprint density at radius 1 is 0.535 bits per heavy atom. The highest BCUT2D eigenvalue weighted by atomic mass is 32.1. The lowest BCUT2D eigenvalue weighted by atomic mass is 9.99. The zero-order chi connectivity index (χ0) is 87.9. The summed E-state index contributed by atoms with van der Waals surface area (Å²) >= 11 is 0. The van der Waals surface area contributed by atoms with Gasteiger partial charge in [0, 0.05) is 160 Å². The Hall–Kier alpha value is -11.7. The molecule has 0 saturated carbocycles. The molecule has 0 spiro atoms. The van der Waals surface area contributed by atoms with Crippen LogP contribution in [0.4, 0.5) is 34.5 Å². The van der Waals surface area contributed by atoms with Crippen LogP contribution in [0, 0.1) is 27.0 Å². The molecule has 0 bridgehead atoms. The van der Waals surface area contributed by atoms with Crippen LogP contribution in [0.3, 0.4) is 0 Å². The van der Waals surface area contributed by atoms with Gasteiger partial charge in [-0.05, 0) is 153 Å². The first-order valence-corrected chi connectivity index (χ1v) is 44.4. The van der Waals surface area contributed by atoms with Crippen molar-refractivity contribution in [3.8, 4) is 18.0 Å². The van der Waals surface area contributed by atoms with Gasteiger partial charge in [0.1, 0.15) is 61.6 Å². The minimum atomic E-state index is -0.243. The number of piperazine rings is 3. The van der Waals surface area contributed by atoms with Crippen molar-refractivity contribution in [2.75, 3.05) is 201 Å². The van der Waals surface area contributed by atoms with E-state index in [2.05, 4.69) is 230 Å². The number of morpholine rings is 2. The molecule has 4 aromatic heterocycles. The first-order chi connectivity index (χ1) is 61.1. The second-order valence-electron chi connectivity index (χ2n) is 35.2. The van der Waals surface area contributed by atoms with Gasteiger partial charge in [0.05, 0.1) is 67.3 Å². The van der Waals surface area contributed by atoms with Crippen LogP contribution in [-0.2, 0) is 62.8 Å². The van der Waals surface area contributed by atoms with E-state index in [4.69, 9.17) is 66.7 Å². The highest BCUT2D eigenvalue weighted by Crippen LogP contribution is 2.41. The second-order valence-corrected chi connectivity index (χ2v) is 35.2. The molecule has 668 valence electrons. The SMILES string of the molecule is C=CC(=O)N1CCN(c2nc(OC[C@@H]3CCCN3C)nc3c2CCN(c2c(C)c(C)cc4[nH]ncc24)C3)CC1.S.[C-]#[N+]C[C@H]1CN(c2nc(OC[C@H]3CN(C)C(C)(C)CO3)nc3c2CCN(c2cccc4ccccc24)C3)CCN1C(=O)C=C.[C-]#[N+]C[C@H]1CN(c2nc(OC[C@H]3CN(C)[C@H](C)CO3)nc3c2CCN(c2cccc4ccccc24)C3)CCN1C(=O)C=C. The van der Waals surface area contributed by atoms with E-state index in [-0.39, 0.29) is 74.1 Å². The maximum Gasteiger partial charge on any atom is 0.318 e. The third-order valence-electron chi connectivity index (χ3n) is 26.9. The summed E-state index contributed by atoms with van der Waals surface area (Å²) in [6.07, 6.45) is 10.6. The molecule has 127 heavy (non-hydrogen) atoms. The maximum atomic E-state index is 12.6. The lowest BCUT2D eigenvalue weighted by Crippen LogP contribution is -2.56. The van der Waals surface area contributed by atoms with Crippen molar-refractivity contribution in [1.82, 2.24) is 69.5 Å². The molecule has 0 aliphatic carbocycles. The van der Waals surface area contributed by atoms with Gasteiger partial charge in [-0.2, -0.15) is 48.5 Å². The van der Waals surface area contributed by atoms with Gasteiger partial charge in [0.25, 0.3) is 0 Å². The monoisotopic (exact) mass is 1740 g/mol. The number of carbonyl (C=O) groups is 3. The Labute approximate surface area is 752 Å². The third kappa shape index (κ3) is 19.9. The van der Waals surface area contributed by atoms with Crippen molar-refractivity contribution in [3.63, 3.8) is 0 Å². The largest absolute Gasteiger partial charge is 0.462 e. The number of nitrogens with one attached hydrogen (secondary N) is 1. The molecule has 18 rings (SSSR count). The van der Waals surface area contributed by atoms with Crippen molar-refractivity contribution in [3.05, 3.63) is 203 Å². The fourth-order valence-electron chi connectivity index (χ4n) is 19.0. The zero-order valence-corrected chi connectivity index (χ0v) is 75.6. The topological polar surface area (TPSA) is 251 Å². The molecular formula is C96H120N22O8S. The fraction of sp³-hybridized carbons (Fsp3) is 0.479. The van der Waals surface area contributed by atoms with Crippen LogP contribution in [0.5, 0.6) is 18.0 Å². The van der Waals surface area contributed by atoms with Gasteiger partial charge in [-0.3, -0.25) is 29.3 Å². The Bertz CT molecular complexity index is 5580. The van der Waals surface area contributed by atoms with Gasteiger partial charge >= 0.3 is 18.0 Å². The molecule has 31 heteroatoms. The van der Waals surface area contributed by atoms with E-state index in [1.54, 1.807) is 9.80 Å². The van der Waals surface area contributed by atoms with Gasteiger partial charge in [0.2, 0.25) is 30.8 Å². The molecule has 6 atom stereocenters. The first-order valence-electron chi connectivity index (χ1n) is 44.4. The number of likely N-dealkylation sites (tertiary alicyclic amines) is 1. The molecule has 13 heterocycles. The molecule has 9 aliphatic heterocycles. The number of likely N-dealkylation sites (N-methyl/N-ethyl adjacent to an activating group) is 3. The molecule has 0 unspecified atom stereocenters. The summed E-state index contributed by atoms with van der Waals surface area (Å²) in [5.74, 6) is 2.34. The van der Waals surface area contributed by atoms with Crippen molar-refractivity contribution in [2.45, 2.75) is 128 Å². The molecular weight excluding hydrogens is 1620 g/mol. The molecule has 0 radical (unpaired) electrons.